The van der Waals surface area contributed by atoms with Gasteiger partial charge in [-0.1, -0.05) is 13.8 Å². The molecule has 0 aliphatic heterocycles. The molecule has 1 fully saturated rings. The van der Waals surface area contributed by atoms with Gasteiger partial charge in [0.1, 0.15) is 5.82 Å². The summed E-state index contributed by atoms with van der Waals surface area (Å²) in [4.78, 5) is 16.9. The summed E-state index contributed by atoms with van der Waals surface area (Å²) in [6.07, 6.45) is 3.24. The number of carbonyl (C=O) groups is 1. The second-order valence-electron chi connectivity index (χ2n) is 8.87. The molecule has 2 N–H and O–H groups in total. The third-order valence-corrected chi connectivity index (χ3v) is 6.71. The number of aromatic amines is 1. The third kappa shape index (κ3) is 3.01. The first-order valence-electron chi connectivity index (χ1n) is 10.8. The highest BCUT2D eigenvalue weighted by molar-refractivity contribution is 5.94. The number of ether oxygens (including phenoxy) is 1. The molecular weight excluding hydrogens is 411 g/mol. The van der Waals surface area contributed by atoms with Crippen molar-refractivity contribution in [2.75, 3.05) is 7.11 Å². The summed E-state index contributed by atoms with van der Waals surface area (Å²) in [7, 11) is 1.47. The Hall–Kier alpha value is -3.26. The number of carboxylic acids is 1. The van der Waals surface area contributed by atoms with Gasteiger partial charge in [0.2, 0.25) is 0 Å². The van der Waals surface area contributed by atoms with Gasteiger partial charge in [0.05, 0.1) is 17.2 Å². The van der Waals surface area contributed by atoms with E-state index in [0.29, 0.717) is 24.9 Å². The van der Waals surface area contributed by atoms with E-state index in [4.69, 9.17) is 9.72 Å². The third-order valence-electron chi connectivity index (χ3n) is 6.71. The zero-order valence-electron chi connectivity index (χ0n) is 18.2. The molecule has 0 saturated heterocycles. The first kappa shape index (κ1) is 20.6. The highest BCUT2D eigenvalue weighted by Crippen LogP contribution is 2.48. The van der Waals surface area contributed by atoms with Crippen LogP contribution in [0.1, 0.15) is 56.2 Å². The first-order chi connectivity index (χ1) is 15.3. The maximum Gasteiger partial charge on any atom is 0.335 e. The predicted molar refractivity (Wildman–Crippen MR) is 119 cm³/mol. The summed E-state index contributed by atoms with van der Waals surface area (Å²) in [5, 5.41) is 17.8. The minimum Gasteiger partial charge on any atom is -0.479 e. The topological polar surface area (TPSA) is 93.0 Å². The van der Waals surface area contributed by atoms with Crippen LogP contribution in [0.3, 0.4) is 0 Å². The van der Waals surface area contributed by atoms with E-state index in [9.17, 15) is 14.3 Å². The smallest absolute Gasteiger partial charge is 0.335 e. The molecule has 1 aromatic carbocycles. The van der Waals surface area contributed by atoms with Crippen molar-refractivity contribution >= 4 is 28.0 Å². The van der Waals surface area contributed by atoms with Crippen molar-refractivity contribution in [2.45, 2.75) is 50.5 Å². The fourth-order valence-electron chi connectivity index (χ4n) is 5.17. The molecular formula is C24H25FN4O3. The SMILES string of the molecule is CO[C@@]1(C(=O)O)CC[C@@H](c2c(C(C)C)n(-c3ccc(F)cc3)c3cc4cn[nH]c4nc23)C1. The minimum absolute atomic E-state index is 0.0273. The van der Waals surface area contributed by atoms with Crippen LogP contribution in [0.15, 0.2) is 36.5 Å². The number of aromatic nitrogens is 4. The lowest BCUT2D eigenvalue weighted by Gasteiger charge is -2.23. The molecule has 1 aliphatic rings. The normalized spacial score (nSPS) is 21.2. The van der Waals surface area contributed by atoms with E-state index >= 15 is 0 Å². The highest BCUT2D eigenvalue weighted by Gasteiger charge is 2.48. The van der Waals surface area contributed by atoms with E-state index in [1.807, 2.05) is 6.07 Å². The Labute approximate surface area is 184 Å². The van der Waals surface area contributed by atoms with Crippen LogP contribution in [0.2, 0.25) is 0 Å². The van der Waals surface area contributed by atoms with Gasteiger partial charge in [-0.2, -0.15) is 5.10 Å². The number of hydrogen-bond acceptors (Lipinski definition) is 4. The van der Waals surface area contributed by atoms with Crippen LogP contribution in [0.25, 0.3) is 27.8 Å². The lowest BCUT2D eigenvalue weighted by molar-refractivity contribution is -0.161. The number of rotatable bonds is 5. The number of H-pyrrole nitrogens is 1. The van der Waals surface area contributed by atoms with Gasteiger partial charge in [0, 0.05) is 29.4 Å². The van der Waals surface area contributed by atoms with Crippen LogP contribution >= 0.6 is 0 Å². The lowest BCUT2D eigenvalue weighted by atomic mass is 9.90. The molecule has 0 bridgehead atoms. The lowest BCUT2D eigenvalue weighted by Crippen LogP contribution is -2.37. The summed E-state index contributed by atoms with van der Waals surface area (Å²) in [6.45, 7) is 4.22. The van der Waals surface area contributed by atoms with Gasteiger partial charge in [0.25, 0.3) is 0 Å². The molecule has 1 aliphatic carbocycles. The number of nitrogens with one attached hydrogen (secondary N) is 1. The van der Waals surface area contributed by atoms with E-state index in [0.717, 1.165) is 33.4 Å². The van der Waals surface area contributed by atoms with E-state index in [1.165, 1.54) is 19.2 Å². The number of aliphatic carboxylic acids is 1. The minimum atomic E-state index is -1.19. The van der Waals surface area contributed by atoms with Gasteiger partial charge in [0.15, 0.2) is 11.2 Å². The van der Waals surface area contributed by atoms with Gasteiger partial charge >= 0.3 is 5.97 Å². The molecule has 0 unspecified atom stereocenters. The van der Waals surface area contributed by atoms with Crippen LogP contribution in [0.4, 0.5) is 4.39 Å². The number of methoxy groups -OCH3 is 1. The van der Waals surface area contributed by atoms with E-state index < -0.39 is 11.6 Å². The van der Waals surface area contributed by atoms with Gasteiger partial charge in [-0.15, -0.1) is 0 Å². The van der Waals surface area contributed by atoms with Crippen LogP contribution in [-0.2, 0) is 9.53 Å². The standard InChI is InChI=1S/C24H25FN4O3/c1-13(2)21-19(14-8-9-24(11-14,32-3)23(30)31)20-18(10-15-12-26-28-22(15)27-20)29(21)17-6-4-16(25)5-7-17/h4-7,10,12-14H,8-9,11H2,1-3H3,(H,30,31)(H,26,27,28)/t14-,24+/m1/s1. The average molecular weight is 436 g/mol. The number of nitrogens with zero attached hydrogens (tertiary/aromatic N) is 3. The molecule has 5 rings (SSSR count). The van der Waals surface area contributed by atoms with Crippen molar-refractivity contribution in [3.63, 3.8) is 0 Å². The van der Waals surface area contributed by atoms with Crippen LogP contribution in [0.5, 0.6) is 0 Å². The van der Waals surface area contributed by atoms with Crippen molar-refractivity contribution in [3.05, 3.63) is 53.6 Å². The van der Waals surface area contributed by atoms with E-state index in [1.54, 1.807) is 18.3 Å². The quantitative estimate of drug-likeness (QED) is 0.464. The number of hydrogen-bond donors (Lipinski definition) is 2. The number of fused-ring (bicyclic) bond motifs is 2. The summed E-state index contributed by atoms with van der Waals surface area (Å²) in [6, 6.07) is 8.45. The van der Waals surface area contributed by atoms with Crippen molar-refractivity contribution in [1.29, 1.82) is 0 Å². The maximum atomic E-state index is 13.7. The highest BCUT2D eigenvalue weighted by atomic mass is 19.1. The summed E-state index contributed by atoms with van der Waals surface area (Å²) < 4.78 is 21.3. The van der Waals surface area contributed by atoms with Crippen molar-refractivity contribution in [1.82, 2.24) is 19.7 Å². The Balaban J connectivity index is 1.81. The van der Waals surface area contributed by atoms with Crippen molar-refractivity contribution in [2.24, 2.45) is 0 Å². The van der Waals surface area contributed by atoms with Gasteiger partial charge in [-0.3, -0.25) is 5.10 Å². The molecule has 3 heterocycles. The fourth-order valence-corrected chi connectivity index (χ4v) is 5.17. The average Bonchev–Trinajstić information content (AvgIpc) is 3.48. The molecule has 1 saturated carbocycles. The number of pyridine rings is 1. The summed E-state index contributed by atoms with van der Waals surface area (Å²) >= 11 is 0. The molecule has 7 nitrogen and oxygen atoms in total. The Bertz CT molecular complexity index is 1320. The van der Waals surface area contributed by atoms with Gasteiger partial charge in [-0.05, 0) is 61.4 Å². The molecule has 0 radical (unpaired) electrons. The Kier molecular flexibility index (Phi) is 4.78. The number of benzene rings is 1. The monoisotopic (exact) mass is 436 g/mol. The van der Waals surface area contributed by atoms with Crippen molar-refractivity contribution < 1.29 is 19.0 Å². The van der Waals surface area contributed by atoms with Crippen LogP contribution in [-0.4, -0.2) is 43.5 Å². The molecule has 4 aromatic rings. The van der Waals surface area contributed by atoms with Crippen LogP contribution in [0, 0.1) is 5.82 Å². The van der Waals surface area contributed by atoms with Gasteiger partial charge in [-0.25, -0.2) is 14.2 Å². The zero-order valence-corrected chi connectivity index (χ0v) is 18.2. The zero-order chi connectivity index (χ0) is 22.6. The van der Waals surface area contributed by atoms with E-state index in [2.05, 4.69) is 28.6 Å². The molecule has 8 heteroatoms. The summed E-state index contributed by atoms with van der Waals surface area (Å²) in [5.41, 5.74) is 4.13. The Morgan fingerprint density at radius 2 is 2.09 bits per heavy atom. The predicted octanol–water partition coefficient (Wildman–Crippen LogP) is 4.90. The maximum absolute atomic E-state index is 13.7. The Morgan fingerprint density at radius 3 is 2.72 bits per heavy atom. The molecule has 0 spiro atoms. The van der Waals surface area contributed by atoms with Crippen molar-refractivity contribution in [3.8, 4) is 5.69 Å². The molecule has 0 amide bonds. The number of carboxylic acid groups (broad SMARTS) is 1. The second-order valence-corrected chi connectivity index (χ2v) is 8.87. The molecule has 32 heavy (non-hydrogen) atoms. The Morgan fingerprint density at radius 1 is 1.34 bits per heavy atom. The van der Waals surface area contributed by atoms with Gasteiger partial charge < -0.3 is 14.4 Å². The van der Waals surface area contributed by atoms with E-state index in [-0.39, 0.29) is 17.7 Å². The molecule has 3 aromatic heterocycles. The summed E-state index contributed by atoms with van der Waals surface area (Å²) in [5.74, 6) is -1.13. The first-order valence-corrected chi connectivity index (χ1v) is 10.8. The molecule has 2 atom stereocenters. The number of halogens is 1. The second kappa shape index (κ2) is 7.41. The molecule has 166 valence electrons. The largest absolute Gasteiger partial charge is 0.479 e. The fraction of sp³-hybridized carbons (Fsp3) is 0.375. The van der Waals surface area contributed by atoms with Crippen LogP contribution < -0.4 is 0 Å².